The molecule has 3 unspecified atom stereocenters. The highest BCUT2D eigenvalue weighted by atomic mass is 16.2. The van der Waals surface area contributed by atoms with Crippen molar-refractivity contribution in [3.63, 3.8) is 0 Å². The SMILES string of the molecule is CC(C)CCCC(C)NC(=O)C1(N)CCCC(C)C1. The van der Waals surface area contributed by atoms with Crippen molar-refractivity contribution in [2.45, 2.75) is 84.2 Å². The molecule has 0 aromatic heterocycles. The largest absolute Gasteiger partial charge is 0.352 e. The standard InChI is InChI=1S/C16H32N2O/c1-12(2)7-5-9-14(4)18-15(19)16(17)10-6-8-13(3)11-16/h12-14H,5-11,17H2,1-4H3,(H,18,19). The maximum Gasteiger partial charge on any atom is 0.240 e. The van der Waals surface area contributed by atoms with Gasteiger partial charge in [0.1, 0.15) is 0 Å². The first-order valence-corrected chi connectivity index (χ1v) is 7.93. The molecule has 0 radical (unpaired) electrons. The molecule has 3 N–H and O–H groups in total. The molecule has 1 saturated carbocycles. The molecule has 0 aromatic carbocycles. The minimum atomic E-state index is -0.621. The topological polar surface area (TPSA) is 55.1 Å². The van der Waals surface area contributed by atoms with Crippen LogP contribution in [0.1, 0.15) is 72.6 Å². The van der Waals surface area contributed by atoms with E-state index in [4.69, 9.17) is 5.73 Å². The molecular formula is C16H32N2O. The lowest BCUT2D eigenvalue weighted by Crippen LogP contribution is -2.57. The van der Waals surface area contributed by atoms with E-state index in [1.54, 1.807) is 0 Å². The molecule has 3 nitrogen and oxygen atoms in total. The maximum atomic E-state index is 12.3. The summed E-state index contributed by atoms with van der Waals surface area (Å²) >= 11 is 0. The van der Waals surface area contributed by atoms with E-state index in [2.05, 4.69) is 33.0 Å². The highest BCUT2D eigenvalue weighted by molar-refractivity contribution is 5.86. The molecule has 1 fully saturated rings. The first-order chi connectivity index (χ1) is 8.83. The van der Waals surface area contributed by atoms with Gasteiger partial charge in [-0.2, -0.15) is 0 Å². The fourth-order valence-corrected chi connectivity index (χ4v) is 3.07. The van der Waals surface area contributed by atoms with Crippen LogP contribution in [0.2, 0.25) is 0 Å². The van der Waals surface area contributed by atoms with Crippen molar-refractivity contribution in [2.24, 2.45) is 17.6 Å². The molecule has 19 heavy (non-hydrogen) atoms. The second-order valence-corrected chi connectivity index (χ2v) is 7.06. The van der Waals surface area contributed by atoms with Gasteiger partial charge in [0.05, 0.1) is 5.54 Å². The van der Waals surface area contributed by atoms with E-state index in [-0.39, 0.29) is 11.9 Å². The Morgan fingerprint density at radius 3 is 2.63 bits per heavy atom. The van der Waals surface area contributed by atoms with Crippen molar-refractivity contribution >= 4 is 5.91 Å². The van der Waals surface area contributed by atoms with Gasteiger partial charge in [-0.15, -0.1) is 0 Å². The number of nitrogens with one attached hydrogen (secondary N) is 1. The van der Waals surface area contributed by atoms with Gasteiger partial charge in [-0.1, -0.05) is 46.5 Å². The molecule has 1 amide bonds. The number of amides is 1. The summed E-state index contributed by atoms with van der Waals surface area (Å²) in [6.45, 7) is 8.76. The number of hydrogen-bond acceptors (Lipinski definition) is 2. The van der Waals surface area contributed by atoms with Crippen LogP contribution in [0.3, 0.4) is 0 Å². The third-order valence-electron chi connectivity index (χ3n) is 4.28. The van der Waals surface area contributed by atoms with E-state index in [0.29, 0.717) is 5.92 Å². The number of hydrogen-bond donors (Lipinski definition) is 2. The minimum Gasteiger partial charge on any atom is -0.352 e. The van der Waals surface area contributed by atoms with Crippen molar-refractivity contribution in [2.75, 3.05) is 0 Å². The van der Waals surface area contributed by atoms with Crippen molar-refractivity contribution < 1.29 is 4.79 Å². The summed E-state index contributed by atoms with van der Waals surface area (Å²) in [7, 11) is 0. The summed E-state index contributed by atoms with van der Waals surface area (Å²) < 4.78 is 0. The normalized spacial score (nSPS) is 29.3. The summed E-state index contributed by atoms with van der Waals surface area (Å²) in [6.07, 6.45) is 7.40. The molecule has 0 aromatic rings. The summed E-state index contributed by atoms with van der Waals surface area (Å²) in [6, 6.07) is 0.240. The Bertz CT molecular complexity index is 290. The van der Waals surface area contributed by atoms with E-state index in [1.165, 1.54) is 19.3 Å². The Balaban J connectivity index is 2.36. The fraction of sp³-hybridized carbons (Fsp3) is 0.938. The number of carbonyl (C=O) groups excluding carboxylic acids is 1. The van der Waals surface area contributed by atoms with Crippen LogP contribution in [-0.2, 0) is 4.79 Å². The quantitative estimate of drug-likeness (QED) is 0.777. The van der Waals surface area contributed by atoms with Crippen molar-refractivity contribution in [1.82, 2.24) is 5.32 Å². The molecule has 1 rings (SSSR count). The predicted octanol–water partition coefficient (Wildman–Crippen LogP) is 3.23. The van der Waals surface area contributed by atoms with E-state index in [9.17, 15) is 4.79 Å². The van der Waals surface area contributed by atoms with Crippen molar-refractivity contribution in [1.29, 1.82) is 0 Å². The van der Waals surface area contributed by atoms with Crippen LogP contribution in [0.5, 0.6) is 0 Å². The highest BCUT2D eigenvalue weighted by Crippen LogP contribution is 2.30. The minimum absolute atomic E-state index is 0.0658. The van der Waals surface area contributed by atoms with Crippen LogP contribution < -0.4 is 11.1 Å². The molecular weight excluding hydrogens is 236 g/mol. The molecule has 0 saturated heterocycles. The van der Waals surface area contributed by atoms with E-state index >= 15 is 0 Å². The molecule has 3 atom stereocenters. The van der Waals surface area contributed by atoms with Crippen LogP contribution in [0, 0.1) is 11.8 Å². The zero-order valence-corrected chi connectivity index (χ0v) is 13.2. The van der Waals surface area contributed by atoms with Gasteiger partial charge in [0.15, 0.2) is 0 Å². The number of carbonyl (C=O) groups is 1. The van der Waals surface area contributed by atoms with Gasteiger partial charge in [-0.05, 0) is 38.0 Å². The number of rotatable bonds is 6. The van der Waals surface area contributed by atoms with Crippen LogP contribution in [-0.4, -0.2) is 17.5 Å². The van der Waals surface area contributed by atoms with Gasteiger partial charge >= 0.3 is 0 Å². The smallest absolute Gasteiger partial charge is 0.240 e. The lowest BCUT2D eigenvalue weighted by atomic mass is 9.76. The van der Waals surface area contributed by atoms with Gasteiger partial charge in [-0.25, -0.2) is 0 Å². The molecule has 3 heteroatoms. The van der Waals surface area contributed by atoms with Gasteiger partial charge in [0.25, 0.3) is 0 Å². The summed E-state index contributed by atoms with van der Waals surface area (Å²) in [4.78, 5) is 12.3. The molecule has 0 heterocycles. The monoisotopic (exact) mass is 268 g/mol. The third-order valence-corrected chi connectivity index (χ3v) is 4.28. The lowest BCUT2D eigenvalue weighted by molar-refractivity contribution is -0.128. The average molecular weight is 268 g/mol. The second kappa shape index (κ2) is 7.28. The van der Waals surface area contributed by atoms with Crippen molar-refractivity contribution in [3.05, 3.63) is 0 Å². The van der Waals surface area contributed by atoms with Crippen LogP contribution in [0.4, 0.5) is 0 Å². The molecule has 0 bridgehead atoms. The molecule has 112 valence electrons. The van der Waals surface area contributed by atoms with Crippen LogP contribution >= 0.6 is 0 Å². The average Bonchev–Trinajstić information content (AvgIpc) is 2.27. The third kappa shape index (κ3) is 5.52. The molecule has 1 aliphatic rings. The summed E-state index contributed by atoms with van der Waals surface area (Å²) in [5.74, 6) is 1.37. The molecule has 1 aliphatic carbocycles. The van der Waals surface area contributed by atoms with Gasteiger partial charge in [0, 0.05) is 6.04 Å². The van der Waals surface area contributed by atoms with E-state index in [0.717, 1.165) is 31.6 Å². The van der Waals surface area contributed by atoms with Crippen LogP contribution in [0.15, 0.2) is 0 Å². The molecule has 0 spiro atoms. The van der Waals surface area contributed by atoms with Gasteiger partial charge < -0.3 is 11.1 Å². The summed E-state index contributed by atoms with van der Waals surface area (Å²) in [5.41, 5.74) is 5.69. The fourth-order valence-electron chi connectivity index (χ4n) is 3.07. The first kappa shape index (κ1) is 16.5. The predicted molar refractivity (Wildman–Crippen MR) is 80.8 cm³/mol. The van der Waals surface area contributed by atoms with Crippen LogP contribution in [0.25, 0.3) is 0 Å². The second-order valence-electron chi connectivity index (χ2n) is 7.06. The summed E-state index contributed by atoms with van der Waals surface area (Å²) in [5, 5.41) is 3.12. The van der Waals surface area contributed by atoms with Crippen molar-refractivity contribution in [3.8, 4) is 0 Å². The molecule has 0 aliphatic heterocycles. The van der Waals surface area contributed by atoms with E-state index in [1.807, 2.05) is 0 Å². The lowest BCUT2D eigenvalue weighted by Gasteiger charge is -2.36. The first-order valence-electron chi connectivity index (χ1n) is 7.93. The zero-order valence-electron chi connectivity index (χ0n) is 13.2. The highest BCUT2D eigenvalue weighted by Gasteiger charge is 2.38. The zero-order chi connectivity index (χ0) is 14.5. The Labute approximate surface area is 118 Å². The maximum absolute atomic E-state index is 12.3. The Morgan fingerprint density at radius 2 is 2.05 bits per heavy atom. The van der Waals surface area contributed by atoms with E-state index < -0.39 is 5.54 Å². The van der Waals surface area contributed by atoms with Gasteiger partial charge in [0.2, 0.25) is 5.91 Å². The van der Waals surface area contributed by atoms with Gasteiger partial charge in [-0.3, -0.25) is 4.79 Å². The Hall–Kier alpha value is -0.570. The number of nitrogens with two attached hydrogens (primary N) is 1. The Kier molecular flexibility index (Phi) is 6.31. The Morgan fingerprint density at radius 1 is 1.37 bits per heavy atom.